The Bertz CT molecular complexity index is 1520. The molecule has 0 unspecified atom stereocenters. The fraction of sp³-hybridized carbons (Fsp3) is 0.250. The van der Waals surface area contributed by atoms with E-state index in [0.29, 0.717) is 23.1 Å². The van der Waals surface area contributed by atoms with Gasteiger partial charge in [-0.1, -0.05) is 51.1 Å². The number of rotatable bonds is 7. The lowest BCUT2D eigenvalue weighted by atomic mass is 9.83. The van der Waals surface area contributed by atoms with Gasteiger partial charge < -0.3 is 16.0 Å². The van der Waals surface area contributed by atoms with Crippen LogP contribution >= 0.6 is 0 Å². The van der Waals surface area contributed by atoms with Gasteiger partial charge in [-0.25, -0.2) is 9.97 Å². The van der Waals surface area contributed by atoms with Gasteiger partial charge in [0.25, 0.3) is 11.8 Å². The predicted molar refractivity (Wildman–Crippen MR) is 156 cm³/mol. The largest absolute Gasteiger partial charge is 0.349 e. The highest BCUT2D eigenvalue weighted by Crippen LogP contribution is 2.30. The van der Waals surface area contributed by atoms with E-state index in [1.54, 1.807) is 18.3 Å². The van der Waals surface area contributed by atoms with Crippen molar-refractivity contribution in [3.05, 3.63) is 101 Å². The van der Waals surface area contributed by atoms with Crippen molar-refractivity contribution in [2.24, 2.45) is 0 Å². The molecule has 1 saturated carbocycles. The molecule has 0 saturated heterocycles. The molecule has 4 aromatic rings. The van der Waals surface area contributed by atoms with Gasteiger partial charge in [-0.3, -0.25) is 9.59 Å². The molecule has 2 amide bonds. The fourth-order valence-corrected chi connectivity index (χ4v) is 4.47. The van der Waals surface area contributed by atoms with Crippen molar-refractivity contribution in [1.29, 1.82) is 0 Å². The van der Waals surface area contributed by atoms with E-state index in [-0.39, 0.29) is 17.2 Å². The van der Waals surface area contributed by atoms with Gasteiger partial charge in [0.2, 0.25) is 5.95 Å². The van der Waals surface area contributed by atoms with Crippen molar-refractivity contribution >= 4 is 29.1 Å². The van der Waals surface area contributed by atoms with Crippen molar-refractivity contribution in [3.63, 3.8) is 0 Å². The Labute approximate surface area is 229 Å². The van der Waals surface area contributed by atoms with Gasteiger partial charge in [-0.2, -0.15) is 0 Å². The van der Waals surface area contributed by atoms with E-state index < -0.39 is 0 Å². The maximum Gasteiger partial charge on any atom is 0.255 e. The van der Waals surface area contributed by atoms with Crippen molar-refractivity contribution in [3.8, 4) is 11.3 Å². The van der Waals surface area contributed by atoms with Crippen LogP contribution in [0.2, 0.25) is 0 Å². The number of carbonyl (C=O) groups excluding carboxylic acids is 2. The molecule has 5 rings (SSSR count). The van der Waals surface area contributed by atoms with Crippen LogP contribution in [0.25, 0.3) is 11.3 Å². The standard InChI is InChI=1S/C32H33N5O2/c1-20-24(9-7-11-27(20)36-30(39)25-8-5-6-10-26(25)32(2,3)4)28-18-19-33-31(37-28)35-23-14-12-21(13-15-23)29(38)34-22-16-17-22/h5-15,18-19,22H,16-17H2,1-4H3,(H,34,38)(H,36,39)(H,33,35,37). The number of aromatic nitrogens is 2. The minimum Gasteiger partial charge on any atom is -0.349 e. The summed E-state index contributed by atoms with van der Waals surface area (Å²) in [5.41, 5.74) is 6.19. The summed E-state index contributed by atoms with van der Waals surface area (Å²) in [4.78, 5) is 34.6. The third-order valence-corrected chi connectivity index (χ3v) is 6.81. The van der Waals surface area contributed by atoms with Crippen LogP contribution in [0.5, 0.6) is 0 Å². The summed E-state index contributed by atoms with van der Waals surface area (Å²) in [5.74, 6) is 0.252. The van der Waals surface area contributed by atoms with Crippen LogP contribution in [0.1, 0.15) is 65.5 Å². The SMILES string of the molecule is Cc1c(NC(=O)c2ccccc2C(C)(C)C)cccc1-c1ccnc(Nc2ccc(C(=O)NC3CC3)cc2)n1. The van der Waals surface area contributed by atoms with Gasteiger partial charge in [0.15, 0.2) is 0 Å². The number of hydrogen-bond donors (Lipinski definition) is 3. The summed E-state index contributed by atoms with van der Waals surface area (Å²) in [6, 6.07) is 22.9. The van der Waals surface area contributed by atoms with E-state index in [9.17, 15) is 9.59 Å². The Morgan fingerprint density at radius 1 is 0.872 bits per heavy atom. The zero-order valence-corrected chi connectivity index (χ0v) is 22.7. The summed E-state index contributed by atoms with van der Waals surface area (Å²) in [6.07, 6.45) is 3.81. The first-order valence-electron chi connectivity index (χ1n) is 13.2. The number of anilines is 3. The van der Waals surface area contributed by atoms with Crippen molar-refractivity contribution < 1.29 is 9.59 Å². The monoisotopic (exact) mass is 519 g/mol. The van der Waals surface area contributed by atoms with E-state index >= 15 is 0 Å². The molecule has 1 fully saturated rings. The third kappa shape index (κ3) is 6.14. The van der Waals surface area contributed by atoms with E-state index in [1.165, 1.54) is 0 Å². The van der Waals surface area contributed by atoms with Gasteiger partial charge in [0.05, 0.1) is 5.69 Å². The van der Waals surface area contributed by atoms with Gasteiger partial charge >= 0.3 is 0 Å². The van der Waals surface area contributed by atoms with Crippen molar-refractivity contribution in [2.45, 2.75) is 52.0 Å². The quantitative estimate of drug-likeness (QED) is 0.254. The first-order chi connectivity index (χ1) is 18.7. The maximum absolute atomic E-state index is 13.3. The molecule has 198 valence electrons. The van der Waals surface area contributed by atoms with Crippen LogP contribution in [0.4, 0.5) is 17.3 Å². The second-order valence-corrected chi connectivity index (χ2v) is 10.9. The average Bonchev–Trinajstić information content (AvgIpc) is 3.74. The summed E-state index contributed by atoms with van der Waals surface area (Å²) in [6.45, 7) is 8.28. The molecule has 7 nitrogen and oxygen atoms in total. The number of carbonyl (C=O) groups is 2. The molecular formula is C32H33N5O2. The zero-order valence-electron chi connectivity index (χ0n) is 22.7. The molecule has 39 heavy (non-hydrogen) atoms. The Kier molecular flexibility index (Phi) is 7.15. The molecule has 0 bridgehead atoms. The lowest BCUT2D eigenvalue weighted by molar-refractivity contribution is 0.0950. The van der Waals surface area contributed by atoms with E-state index in [1.807, 2.05) is 67.6 Å². The summed E-state index contributed by atoms with van der Waals surface area (Å²) in [5, 5.41) is 9.32. The van der Waals surface area contributed by atoms with Gasteiger partial charge in [0.1, 0.15) is 0 Å². The minimum absolute atomic E-state index is 0.0494. The smallest absolute Gasteiger partial charge is 0.255 e. The summed E-state index contributed by atoms with van der Waals surface area (Å²) >= 11 is 0. The lowest BCUT2D eigenvalue weighted by Gasteiger charge is -2.22. The number of nitrogens with zero attached hydrogens (tertiary/aromatic N) is 2. The van der Waals surface area contributed by atoms with E-state index in [0.717, 1.165) is 46.6 Å². The lowest BCUT2D eigenvalue weighted by Crippen LogP contribution is -2.25. The first kappa shape index (κ1) is 26.1. The maximum atomic E-state index is 13.3. The number of benzene rings is 3. The molecule has 3 N–H and O–H groups in total. The number of amides is 2. The summed E-state index contributed by atoms with van der Waals surface area (Å²) in [7, 11) is 0. The minimum atomic E-state index is -0.154. The van der Waals surface area contributed by atoms with E-state index in [4.69, 9.17) is 4.98 Å². The molecule has 1 aromatic heterocycles. The van der Waals surface area contributed by atoms with Gasteiger partial charge in [0, 0.05) is 40.3 Å². The number of hydrogen-bond acceptors (Lipinski definition) is 5. The normalized spacial score (nSPS) is 13.0. The van der Waals surface area contributed by atoms with Crippen LogP contribution in [-0.2, 0) is 5.41 Å². The van der Waals surface area contributed by atoms with Gasteiger partial charge in [-0.15, -0.1) is 0 Å². The molecule has 7 heteroatoms. The average molecular weight is 520 g/mol. The highest BCUT2D eigenvalue weighted by atomic mass is 16.2. The molecule has 1 aliphatic rings. The highest BCUT2D eigenvalue weighted by molar-refractivity contribution is 6.06. The second kappa shape index (κ2) is 10.7. The van der Waals surface area contributed by atoms with Gasteiger partial charge in [-0.05, 0) is 78.8 Å². The van der Waals surface area contributed by atoms with Crippen LogP contribution in [0.3, 0.4) is 0 Å². The Balaban J connectivity index is 1.33. The van der Waals surface area contributed by atoms with E-state index in [2.05, 4.69) is 41.7 Å². The first-order valence-corrected chi connectivity index (χ1v) is 13.2. The number of nitrogens with one attached hydrogen (secondary N) is 3. The Morgan fingerprint density at radius 3 is 2.33 bits per heavy atom. The van der Waals surface area contributed by atoms with Crippen LogP contribution in [0, 0.1) is 6.92 Å². The van der Waals surface area contributed by atoms with Crippen molar-refractivity contribution in [2.75, 3.05) is 10.6 Å². The highest BCUT2D eigenvalue weighted by Gasteiger charge is 2.24. The molecule has 1 heterocycles. The third-order valence-electron chi connectivity index (χ3n) is 6.81. The second-order valence-electron chi connectivity index (χ2n) is 10.9. The van der Waals surface area contributed by atoms with Crippen LogP contribution in [0.15, 0.2) is 79.0 Å². The Hall–Kier alpha value is -4.52. The Morgan fingerprint density at radius 2 is 1.62 bits per heavy atom. The van der Waals surface area contributed by atoms with Crippen LogP contribution < -0.4 is 16.0 Å². The fourth-order valence-electron chi connectivity index (χ4n) is 4.47. The molecule has 0 atom stereocenters. The zero-order chi connectivity index (χ0) is 27.6. The van der Waals surface area contributed by atoms with Crippen LogP contribution in [-0.4, -0.2) is 27.8 Å². The molecular weight excluding hydrogens is 486 g/mol. The molecule has 0 radical (unpaired) electrons. The molecule has 3 aromatic carbocycles. The van der Waals surface area contributed by atoms with Crippen molar-refractivity contribution in [1.82, 2.24) is 15.3 Å². The summed E-state index contributed by atoms with van der Waals surface area (Å²) < 4.78 is 0. The molecule has 0 spiro atoms. The predicted octanol–water partition coefficient (Wildman–Crippen LogP) is 6.64. The molecule has 1 aliphatic carbocycles. The topological polar surface area (TPSA) is 96.0 Å². The molecule has 0 aliphatic heterocycles.